The summed E-state index contributed by atoms with van der Waals surface area (Å²) in [4.78, 5) is 6.72. The largest absolute Gasteiger partial charge is 0.497 e. The second-order valence-electron chi connectivity index (χ2n) is 7.58. The molecule has 1 unspecified atom stereocenters. The Labute approximate surface area is 206 Å². The first-order valence-electron chi connectivity index (χ1n) is 10.5. The lowest BCUT2D eigenvalue weighted by Crippen LogP contribution is -2.45. The molecule has 0 bridgehead atoms. The summed E-state index contributed by atoms with van der Waals surface area (Å²) < 4.78 is 21.6. The van der Waals surface area contributed by atoms with Crippen molar-refractivity contribution in [1.82, 2.24) is 10.6 Å². The predicted molar refractivity (Wildman–Crippen MR) is 136 cm³/mol. The zero-order valence-corrected chi connectivity index (χ0v) is 21.1. The average Bonchev–Trinajstić information content (AvgIpc) is 3.47. The minimum absolute atomic E-state index is 0. The van der Waals surface area contributed by atoms with Gasteiger partial charge in [-0.1, -0.05) is 6.07 Å². The number of fused-ring (bicyclic) bond motifs is 1. The molecule has 2 aromatic rings. The number of hydrogen-bond donors (Lipinski definition) is 2. The van der Waals surface area contributed by atoms with Crippen LogP contribution in [-0.2, 0) is 6.42 Å². The highest BCUT2D eigenvalue weighted by molar-refractivity contribution is 14.0. The first-order valence-corrected chi connectivity index (χ1v) is 10.5. The number of ether oxygens (including phenoxy) is 4. The molecular formula is C23H31IN4O4. The minimum atomic E-state index is 0. The Bertz CT molecular complexity index is 918. The lowest BCUT2D eigenvalue weighted by Gasteiger charge is -2.21. The van der Waals surface area contributed by atoms with Crippen LogP contribution < -0.4 is 34.5 Å². The van der Waals surface area contributed by atoms with E-state index in [-0.39, 0.29) is 24.0 Å². The maximum absolute atomic E-state index is 5.45. The molecule has 2 aromatic carbocycles. The van der Waals surface area contributed by atoms with Crippen molar-refractivity contribution in [3.8, 4) is 23.0 Å². The van der Waals surface area contributed by atoms with E-state index in [4.69, 9.17) is 18.9 Å². The Morgan fingerprint density at radius 2 is 1.84 bits per heavy atom. The van der Waals surface area contributed by atoms with Crippen molar-refractivity contribution in [1.29, 1.82) is 0 Å². The van der Waals surface area contributed by atoms with Gasteiger partial charge in [0.15, 0.2) is 17.5 Å². The normalized spacial score (nSPS) is 17.0. The molecule has 2 heterocycles. The molecule has 9 heteroatoms. The number of methoxy groups -OCH3 is 2. The Morgan fingerprint density at radius 3 is 2.56 bits per heavy atom. The molecule has 0 amide bonds. The second kappa shape index (κ2) is 11.3. The molecule has 0 radical (unpaired) electrons. The highest BCUT2D eigenvalue weighted by Crippen LogP contribution is 2.32. The summed E-state index contributed by atoms with van der Waals surface area (Å²) in [5.41, 5.74) is 2.30. The minimum Gasteiger partial charge on any atom is -0.497 e. The zero-order valence-electron chi connectivity index (χ0n) is 18.7. The molecule has 4 rings (SSSR count). The van der Waals surface area contributed by atoms with E-state index < -0.39 is 0 Å². The van der Waals surface area contributed by atoms with Crippen molar-refractivity contribution in [2.45, 2.75) is 18.9 Å². The van der Waals surface area contributed by atoms with E-state index >= 15 is 0 Å². The van der Waals surface area contributed by atoms with Gasteiger partial charge in [0.25, 0.3) is 0 Å². The molecule has 2 N–H and O–H groups in total. The van der Waals surface area contributed by atoms with E-state index in [0.717, 1.165) is 67.1 Å². The fraction of sp³-hybridized carbons (Fsp3) is 0.435. The number of halogens is 1. The van der Waals surface area contributed by atoms with E-state index in [2.05, 4.69) is 26.6 Å². The fourth-order valence-electron chi connectivity index (χ4n) is 3.90. The van der Waals surface area contributed by atoms with Gasteiger partial charge in [-0.25, -0.2) is 0 Å². The zero-order chi connectivity index (χ0) is 21.6. The van der Waals surface area contributed by atoms with Gasteiger partial charge in [-0.05, 0) is 30.5 Å². The highest BCUT2D eigenvalue weighted by Gasteiger charge is 2.24. The molecule has 174 valence electrons. The number of aliphatic imine (C=N–C) groups is 1. The van der Waals surface area contributed by atoms with Crippen molar-refractivity contribution in [2.24, 2.45) is 4.99 Å². The van der Waals surface area contributed by atoms with E-state index in [1.165, 1.54) is 5.56 Å². The topological polar surface area (TPSA) is 76.6 Å². The lowest BCUT2D eigenvalue weighted by atomic mass is 10.1. The molecule has 0 saturated carbocycles. The molecule has 2 aliphatic heterocycles. The van der Waals surface area contributed by atoms with Crippen molar-refractivity contribution < 1.29 is 18.9 Å². The third-order valence-corrected chi connectivity index (χ3v) is 5.60. The fourth-order valence-corrected chi connectivity index (χ4v) is 3.90. The molecule has 1 atom stereocenters. The van der Waals surface area contributed by atoms with Crippen molar-refractivity contribution in [2.75, 3.05) is 52.6 Å². The van der Waals surface area contributed by atoms with Crippen LogP contribution in [0.25, 0.3) is 0 Å². The Morgan fingerprint density at radius 1 is 1.09 bits per heavy atom. The van der Waals surface area contributed by atoms with Crippen LogP contribution in [0.1, 0.15) is 12.0 Å². The third kappa shape index (κ3) is 5.81. The van der Waals surface area contributed by atoms with Crippen LogP contribution in [0.15, 0.2) is 41.4 Å². The van der Waals surface area contributed by atoms with Crippen LogP contribution in [0.4, 0.5) is 5.69 Å². The number of nitrogens with one attached hydrogen (secondary N) is 2. The molecule has 0 aliphatic carbocycles. The second-order valence-corrected chi connectivity index (χ2v) is 7.58. The van der Waals surface area contributed by atoms with E-state index in [0.29, 0.717) is 12.8 Å². The number of nitrogens with zero attached hydrogens (tertiary/aromatic N) is 2. The maximum Gasteiger partial charge on any atom is 0.231 e. The maximum atomic E-state index is 5.45. The average molecular weight is 554 g/mol. The third-order valence-electron chi connectivity index (χ3n) is 5.60. The van der Waals surface area contributed by atoms with Gasteiger partial charge in [0.05, 0.1) is 14.2 Å². The number of hydrogen-bond acceptors (Lipinski definition) is 6. The predicted octanol–water partition coefficient (Wildman–Crippen LogP) is 3.04. The van der Waals surface area contributed by atoms with Crippen molar-refractivity contribution >= 4 is 35.6 Å². The standard InChI is InChI=1S/C23H30N4O4.HI/c1-24-23(25-8-6-16-4-5-21-22(10-16)31-15-30-21)26-17-7-9-27(14-17)18-11-19(28-2)13-20(12-18)29-3;/h4-5,10-13,17H,6-9,14-15H2,1-3H3,(H2,24,25,26);1H. The van der Waals surface area contributed by atoms with Crippen LogP contribution in [-0.4, -0.2) is 59.7 Å². The molecule has 0 spiro atoms. The number of benzene rings is 2. The monoisotopic (exact) mass is 554 g/mol. The summed E-state index contributed by atoms with van der Waals surface area (Å²) >= 11 is 0. The van der Waals surface area contributed by atoms with Crippen LogP contribution in [0.5, 0.6) is 23.0 Å². The summed E-state index contributed by atoms with van der Waals surface area (Å²) in [5.74, 6) is 4.04. The molecule has 32 heavy (non-hydrogen) atoms. The van der Waals surface area contributed by atoms with Crippen molar-refractivity contribution in [3.05, 3.63) is 42.0 Å². The number of rotatable bonds is 7. The van der Waals surface area contributed by atoms with E-state index in [1.807, 2.05) is 30.3 Å². The Kier molecular flexibility index (Phi) is 8.54. The van der Waals surface area contributed by atoms with Gasteiger partial charge >= 0.3 is 0 Å². The quantitative estimate of drug-likeness (QED) is 0.310. The smallest absolute Gasteiger partial charge is 0.231 e. The summed E-state index contributed by atoms with van der Waals surface area (Å²) in [7, 11) is 5.15. The summed E-state index contributed by atoms with van der Waals surface area (Å²) in [6.45, 7) is 2.93. The Hall–Kier alpha value is -2.56. The van der Waals surface area contributed by atoms with Gasteiger partial charge in [-0.3, -0.25) is 4.99 Å². The van der Waals surface area contributed by atoms with Gasteiger partial charge in [0.1, 0.15) is 11.5 Å². The molecular weight excluding hydrogens is 523 g/mol. The summed E-state index contributed by atoms with van der Waals surface area (Å²) in [6, 6.07) is 12.4. The molecule has 0 aromatic heterocycles. The Balaban J connectivity index is 0.00000289. The molecule has 2 aliphatic rings. The van der Waals surface area contributed by atoms with Gasteiger partial charge in [0, 0.05) is 56.6 Å². The van der Waals surface area contributed by atoms with Gasteiger partial charge in [-0.15, -0.1) is 24.0 Å². The first-order chi connectivity index (χ1) is 15.2. The van der Waals surface area contributed by atoms with Gasteiger partial charge < -0.3 is 34.5 Å². The SMILES string of the molecule is CN=C(NCCc1ccc2c(c1)OCO2)NC1CCN(c2cc(OC)cc(OC)c2)C1.I. The number of anilines is 1. The van der Waals surface area contributed by atoms with Gasteiger partial charge in [-0.2, -0.15) is 0 Å². The van der Waals surface area contributed by atoms with Crippen LogP contribution in [0, 0.1) is 0 Å². The first kappa shape index (κ1) is 24.1. The molecule has 8 nitrogen and oxygen atoms in total. The summed E-state index contributed by atoms with van der Waals surface area (Å²) in [5, 5.41) is 6.95. The van der Waals surface area contributed by atoms with Gasteiger partial charge in [0.2, 0.25) is 6.79 Å². The molecule has 1 saturated heterocycles. The lowest BCUT2D eigenvalue weighted by molar-refractivity contribution is 0.174. The van der Waals surface area contributed by atoms with Crippen molar-refractivity contribution in [3.63, 3.8) is 0 Å². The number of guanidine groups is 1. The van der Waals surface area contributed by atoms with Crippen LogP contribution >= 0.6 is 24.0 Å². The van der Waals surface area contributed by atoms with E-state index in [1.54, 1.807) is 21.3 Å². The van der Waals surface area contributed by atoms with E-state index in [9.17, 15) is 0 Å². The summed E-state index contributed by atoms with van der Waals surface area (Å²) in [6.07, 6.45) is 1.90. The van der Waals surface area contributed by atoms with Crippen LogP contribution in [0.3, 0.4) is 0 Å². The van der Waals surface area contributed by atoms with Crippen LogP contribution in [0.2, 0.25) is 0 Å². The molecule has 1 fully saturated rings. The highest BCUT2D eigenvalue weighted by atomic mass is 127.